The van der Waals surface area contributed by atoms with Crippen LogP contribution in [0.1, 0.15) is 48.4 Å². The number of benzene rings is 2. The third-order valence-corrected chi connectivity index (χ3v) is 5.86. The van der Waals surface area contributed by atoms with Gasteiger partial charge in [-0.3, -0.25) is 0 Å². The Morgan fingerprint density at radius 3 is 2.40 bits per heavy atom. The molecule has 1 N–H and O–H groups in total. The van der Waals surface area contributed by atoms with Crippen LogP contribution in [0, 0.1) is 12.8 Å². The van der Waals surface area contributed by atoms with Crippen LogP contribution in [0.5, 0.6) is 0 Å². The van der Waals surface area contributed by atoms with Crippen LogP contribution in [0.3, 0.4) is 0 Å². The predicted molar refractivity (Wildman–Crippen MR) is 105 cm³/mol. The van der Waals surface area contributed by atoms with E-state index in [2.05, 4.69) is 74.4 Å². The first kappa shape index (κ1) is 18.2. The van der Waals surface area contributed by atoms with Gasteiger partial charge in [0.25, 0.3) is 0 Å². The number of aryl methyl sites for hydroxylation is 1. The normalized spacial score (nSPS) is 25.1. The number of hydrogen-bond acceptors (Lipinski definition) is 2. The third kappa shape index (κ3) is 3.96. The van der Waals surface area contributed by atoms with Gasteiger partial charge in [0.15, 0.2) is 0 Å². The Labute approximate surface area is 152 Å². The minimum absolute atomic E-state index is 0.246. The lowest BCUT2D eigenvalue weighted by Gasteiger charge is -2.47. The van der Waals surface area contributed by atoms with E-state index in [0.717, 1.165) is 25.7 Å². The van der Waals surface area contributed by atoms with E-state index in [1.54, 1.807) is 0 Å². The molecule has 134 valence electrons. The Morgan fingerprint density at radius 2 is 1.72 bits per heavy atom. The summed E-state index contributed by atoms with van der Waals surface area (Å²) in [5.74, 6) is 0.248. The molecule has 3 unspecified atom stereocenters. The molecule has 0 radical (unpaired) electrons. The molecule has 0 bridgehead atoms. The third-order valence-electron chi connectivity index (χ3n) is 5.86. The lowest BCUT2D eigenvalue weighted by atomic mass is 9.67. The lowest BCUT2D eigenvalue weighted by molar-refractivity contribution is -0.0771. The van der Waals surface area contributed by atoms with Crippen LogP contribution >= 0.6 is 0 Å². The molecule has 25 heavy (non-hydrogen) atoms. The van der Waals surface area contributed by atoms with Crippen molar-refractivity contribution in [2.75, 3.05) is 14.1 Å². The molecule has 0 spiro atoms. The zero-order chi connectivity index (χ0) is 17.9. The second kappa shape index (κ2) is 7.72. The molecular formula is C23H31NO. The molecule has 1 aliphatic carbocycles. The second-order valence-corrected chi connectivity index (χ2v) is 7.88. The van der Waals surface area contributed by atoms with Gasteiger partial charge in [0, 0.05) is 18.4 Å². The molecular weight excluding hydrogens is 306 g/mol. The van der Waals surface area contributed by atoms with Crippen LogP contribution in [0.4, 0.5) is 0 Å². The summed E-state index contributed by atoms with van der Waals surface area (Å²) in [6.45, 7) is 2.19. The van der Waals surface area contributed by atoms with Crippen molar-refractivity contribution in [3.8, 4) is 0 Å². The van der Waals surface area contributed by atoms with Gasteiger partial charge in [0.2, 0.25) is 0 Å². The number of nitrogens with zero attached hydrogens (tertiary/aromatic N) is 1. The van der Waals surface area contributed by atoms with Crippen LogP contribution in [-0.2, 0) is 6.42 Å². The summed E-state index contributed by atoms with van der Waals surface area (Å²) in [7, 11) is 4.29. The van der Waals surface area contributed by atoms with E-state index in [9.17, 15) is 5.11 Å². The highest BCUT2D eigenvalue weighted by atomic mass is 16.3. The van der Waals surface area contributed by atoms with E-state index in [4.69, 9.17) is 0 Å². The van der Waals surface area contributed by atoms with Crippen LogP contribution < -0.4 is 0 Å². The molecule has 0 heterocycles. The highest BCUT2D eigenvalue weighted by molar-refractivity contribution is 5.30. The topological polar surface area (TPSA) is 23.5 Å². The Morgan fingerprint density at radius 1 is 1.04 bits per heavy atom. The van der Waals surface area contributed by atoms with Gasteiger partial charge in [-0.25, -0.2) is 0 Å². The van der Waals surface area contributed by atoms with Crippen molar-refractivity contribution in [1.82, 2.24) is 4.90 Å². The first-order valence-corrected chi connectivity index (χ1v) is 9.49. The second-order valence-electron chi connectivity index (χ2n) is 7.88. The van der Waals surface area contributed by atoms with Crippen LogP contribution in [0.25, 0.3) is 0 Å². The molecule has 3 atom stereocenters. The summed E-state index contributed by atoms with van der Waals surface area (Å²) in [6.07, 6.45) is 5.05. The fourth-order valence-electron chi connectivity index (χ4n) is 4.64. The summed E-state index contributed by atoms with van der Waals surface area (Å²) < 4.78 is 0. The summed E-state index contributed by atoms with van der Waals surface area (Å²) in [4.78, 5) is 2.30. The molecule has 0 saturated heterocycles. The minimum Gasteiger partial charge on any atom is -0.389 e. The van der Waals surface area contributed by atoms with Gasteiger partial charge in [-0.2, -0.15) is 0 Å². The molecule has 0 aromatic heterocycles. The van der Waals surface area contributed by atoms with E-state index in [-0.39, 0.29) is 12.0 Å². The average molecular weight is 338 g/mol. The van der Waals surface area contributed by atoms with Crippen molar-refractivity contribution < 1.29 is 5.11 Å². The number of rotatable bonds is 5. The smallest absolute Gasteiger partial charge is 0.0734 e. The van der Waals surface area contributed by atoms with Crippen LogP contribution in [0.2, 0.25) is 0 Å². The molecule has 2 heteroatoms. The fourth-order valence-corrected chi connectivity index (χ4v) is 4.64. The van der Waals surface area contributed by atoms with Gasteiger partial charge in [-0.05, 0) is 50.6 Å². The molecule has 1 saturated carbocycles. The first-order valence-electron chi connectivity index (χ1n) is 9.49. The van der Waals surface area contributed by atoms with Crippen molar-refractivity contribution in [2.45, 2.75) is 50.7 Å². The van der Waals surface area contributed by atoms with E-state index >= 15 is 0 Å². The predicted octanol–water partition coefficient (Wildman–Crippen LogP) is 4.76. The average Bonchev–Trinajstić information content (AvgIpc) is 2.59. The van der Waals surface area contributed by atoms with Gasteiger partial charge >= 0.3 is 0 Å². The van der Waals surface area contributed by atoms with Gasteiger partial charge in [-0.15, -0.1) is 0 Å². The quantitative estimate of drug-likeness (QED) is 0.850. The van der Waals surface area contributed by atoms with E-state index in [1.807, 2.05) is 6.07 Å². The Bertz CT molecular complexity index is 682. The lowest BCUT2D eigenvalue weighted by Crippen LogP contribution is -2.48. The molecule has 1 fully saturated rings. The largest absolute Gasteiger partial charge is 0.389 e. The van der Waals surface area contributed by atoms with Crippen LogP contribution in [-0.4, -0.2) is 29.7 Å². The fraction of sp³-hybridized carbons (Fsp3) is 0.478. The van der Waals surface area contributed by atoms with E-state index < -0.39 is 5.60 Å². The molecule has 2 aromatic rings. The minimum atomic E-state index is -0.642. The standard InChI is InChI=1S/C23H31NO/c1-18-11-7-8-14-20(18)22(24(2)3)21-15-9-10-16-23(21,25)17-19-12-5-4-6-13-19/h4-8,11-14,21-22,25H,9-10,15-17H2,1-3H3. The summed E-state index contributed by atoms with van der Waals surface area (Å²) >= 11 is 0. The Hall–Kier alpha value is -1.64. The maximum Gasteiger partial charge on any atom is 0.0734 e. The maximum atomic E-state index is 11.7. The monoisotopic (exact) mass is 337 g/mol. The van der Waals surface area contributed by atoms with Crippen molar-refractivity contribution in [3.05, 3.63) is 71.3 Å². The summed E-state index contributed by atoms with van der Waals surface area (Å²) in [5.41, 5.74) is 3.26. The van der Waals surface area contributed by atoms with Crippen LogP contribution in [0.15, 0.2) is 54.6 Å². The maximum absolute atomic E-state index is 11.7. The van der Waals surface area contributed by atoms with Crippen molar-refractivity contribution in [3.63, 3.8) is 0 Å². The van der Waals surface area contributed by atoms with E-state index in [0.29, 0.717) is 0 Å². The SMILES string of the molecule is Cc1ccccc1C(C1CCCCC1(O)Cc1ccccc1)N(C)C. The zero-order valence-electron chi connectivity index (χ0n) is 15.8. The van der Waals surface area contributed by atoms with Crippen molar-refractivity contribution in [2.24, 2.45) is 5.92 Å². The first-order chi connectivity index (χ1) is 12.0. The molecule has 2 nitrogen and oxygen atoms in total. The summed E-state index contributed by atoms with van der Waals surface area (Å²) in [6, 6.07) is 19.4. The Balaban J connectivity index is 1.96. The summed E-state index contributed by atoms with van der Waals surface area (Å²) in [5, 5.41) is 11.7. The van der Waals surface area contributed by atoms with Crippen molar-refractivity contribution in [1.29, 1.82) is 0 Å². The molecule has 2 aromatic carbocycles. The number of aliphatic hydroxyl groups is 1. The molecule has 0 aliphatic heterocycles. The van der Waals surface area contributed by atoms with Gasteiger partial charge in [0.05, 0.1) is 5.60 Å². The number of hydrogen-bond donors (Lipinski definition) is 1. The Kier molecular flexibility index (Phi) is 5.61. The van der Waals surface area contributed by atoms with Crippen molar-refractivity contribution >= 4 is 0 Å². The molecule has 0 amide bonds. The van der Waals surface area contributed by atoms with Gasteiger partial charge < -0.3 is 10.0 Å². The van der Waals surface area contributed by atoms with E-state index in [1.165, 1.54) is 23.1 Å². The van der Waals surface area contributed by atoms with Gasteiger partial charge in [0.1, 0.15) is 0 Å². The van der Waals surface area contributed by atoms with Gasteiger partial charge in [-0.1, -0.05) is 67.4 Å². The molecule has 1 aliphatic rings. The highest BCUT2D eigenvalue weighted by Crippen LogP contribution is 2.45. The highest BCUT2D eigenvalue weighted by Gasteiger charge is 2.44. The molecule has 3 rings (SSSR count). The zero-order valence-corrected chi connectivity index (χ0v) is 15.8.